The van der Waals surface area contributed by atoms with Gasteiger partial charge in [-0.25, -0.2) is 4.98 Å². The number of likely N-dealkylation sites (tertiary alicyclic amines) is 1. The number of nitrogens with zero attached hydrogens (tertiary/aromatic N) is 4. The SMILES string of the molecule is O=C(c1cc(C2CC2)on1)N1C[C@H](c2nc(C3CC3)n[nH]2)[C@@H](C2CC2)C1. The minimum atomic E-state index is -0.00395. The highest BCUT2D eigenvalue weighted by Gasteiger charge is 2.46. The third-order valence-corrected chi connectivity index (χ3v) is 6.42. The predicted molar refractivity (Wildman–Crippen MR) is 91.7 cm³/mol. The molecule has 4 aliphatic rings. The van der Waals surface area contributed by atoms with Crippen molar-refractivity contribution in [3.05, 3.63) is 29.2 Å². The van der Waals surface area contributed by atoms with Gasteiger partial charge in [-0.3, -0.25) is 9.89 Å². The lowest BCUT2D eigenvalue weighted by Gasteiger charge is -2.14. The molecule has 1 saturated heterocycles. The highest BCUT2D eigenvalue weighted by atomic mass is 16.5. The lowest BCUT2D eigenvalue weighted by atomic mass is 9.91. The lowest BCUT2D eigenvalue weighted by Crippen LogP contribution is -2.29. The Kier molecular flexibility index (Phi) is 3.11. The molecule has 6 rings (SSSR count). The van der Waals surface area contributed by atoms with E-state index in [1.807, 2.05) is 11.0 Å². The average molecular weight is 353 g/mol. The third-order valence-electron chi connectivity index (χ3n) is 6.42. The largest absolute Gasteiger partial charge is 0.360 e. The predicted octanol–water partition coefficient (Wildman–Crippen LogP) is 2.81. The molecule has 3 saturated carbocycles. The van der Waals surface area contributed by atoms with Crippen LogP contribution in [0.15, 0.2) is 10.6 Å². The number of rotatable bonds is 5. The molecule has 2 aromatic heterocycles. The number of aromatic amines is 1. The molecule has 3 heterocycles. The fourth-order valence-electron chi connectivity index (χ4n) is 4.38. The quantitative estimate of drug-likeness (QED) is 0.893. The van der Waals surface area contributed by atoms with E-state index in [4.69, 9.17) is 9.51 Å². The van der Waals surface area contributed by atoms with Gasteiger partial charge in [-0.15, -0.1) is 0 Å². The molecule has 0 bridgehead atoms. The number of hydrogen-bond acceptors (Lipinski definition) is 5. The fraction of sp³-hybridized carbons (Fsp3) is 0.684. The standard InChI is InChI=1S/C19H23N5O2/c25-19(15-7-16(26-23-15)11-3-4-11)24-8-13(10-1-2-10)14(9-24)18-20-17(21-22-18)12-5-6-12/h7,10-14H,1-6,8-9H2,(H,20,21,22)/t13-,14+/m1/s1. The second-order valence-electron chi connectivity index (χ2n) is 8.56. The zero-order chi connectivity index (χ0) is 17.3. The number of hydrogen-bond donors (Lipinski definition) is 1. The Morgan fingerprint density at radius 2 is 1.92 bits per heavy atom. The first-order valence-electron chi connectivity index (χ1n) is 9.94. The van der Waals surface area contributed by atoms with Crippen LogP contribution in [-0.2, 0) is 0 Å². The molecule has 2 atom stereocenters. The van der Waals surface area contributed by atoms with Gasteiger partial charge in [0.2, 0.25) is 0 Å². The smallest absolute Gasteiger partial charge is 0.276 e. The minimum absolute atomic E-state index is 0.00395. The molecule has 3 aliphatic carbocycles. The van der Waals surface area contributed by atoms with Crippen molar-refractivity contribution in [3.63, 3.8) is 0 Å². The molecule has 26 heavy (non-hydrogen) atoms. The van der Waals surface area contributed by atoms with Crippen LogP contribution in [0.2, 0.25) is 0 Å². The highest BCUT2D eigenvalue weighted by molar-refractivity contribution is 5.92. The van der Waals surface area contributed by atoms with E-state index < -0.39 is 0 Å². The van der Waals surface area contributed by atoms with Gasteiger partial charge in [-0.1, -0.05) is 5.16 Å². The van der Waals surface area contributed by atoms with E-state index in [2.05, 4.69) is 15.4 Å². The zero-order valence-electron chi connectivity index (χ0n) is 14.7. The first-order valence-corrected chi connectivity index (χ1v) is 9.94. The Hall–Kier alpha value is -2.18. The molecule has 1 N–H and O–H groups in total. The number of carbonyl (C=O) groups is 1. The van der Waals surface area contributed by atoms with Crippen LogP contribution in [0, 0.1) is 11.8 Å². The topological polar surface area (TPSA) is 87.9 Å². The summed E-state index contributed by atoms with van der Waals surface area (Å²) in [5, 5.41) is 11.6. The van der Waals surface area contributed by atoms with Crippen molar-refractivity contribution in [2.24, 2.45) is 11.8 Å². The summed E-state index contributed by atoms with van der Waals surface area (Å²) in [4.78, 5) is 19.7. The summed E-state index contributed by atoms with van der Waals surface area (Å²) in [5.74, 6) is 5.28. The molecular formula is C19H23N5O2. The Morgan fingerprint density at radius 1 is 1.12 bits per heavy atom. The Balaban J connectivity index is 1.23. The van der Waals surface area contributed by atoms with Crippen LogP contribution < -0.4 is 0 Å². The molecule has 1 aliphatic heterocycles. The van der Waals surface area contributed by atoms with Crippen LogP contribution in [0.1, 0.15) is 84.2 Å². The number of nitrogens with one attached hydrogen (secondary N) is 1. The summed E-state index contributed by atoms with van der Waals surface area (Å²) in [6, 6.07) is 1.85. The molecule has 0 spiro atoms. The number of carbonyl (C=O) groups excluding carboxylic acids is 1. The maximum atomic E-state index is 12.9. The molecule has 136 valence electrons. The van der Waals surface area contributed by atoms with Gasteiger partial charge in [0.25, 0.3) is 5.91 Å². The lowest BCUT2D eigenvalue weighted by molar-refractivity contribution is 0.0774. The van der Waals surface area contributed by atoms with Gasteiger partial charge < -0.3 is 9.42 Å². The molecule has 4 fully saturated rings. The van der Waals surface area contributed by atoms with E-state index >= 15 is 0 Å². The average Bonchev–Trinajstić information content (AvgIpc) is 3.62. The summed E-state index contributed by atoms with van der Waals surface area (Å²) in [6.07, 6.45) is 7.23. The molecule has 0 aromatic carbocycles. The minimum Gasteiger partial charge on any atom is -0.360 e. The van der Waals surface area contributed by atoms with Gasteiger partial charge >= 0.3 is 0 Å². The summed E-state index contributed by atoms with van der Waals surface area (Å²) < 4.78 is 5.38. The van der Waals surface area contributed by atoms with Gasteiger partial charge in [-0.05, 0) is 50.4 Å². The molecule has 2 aromatic rings. The van der Waals surface area contributed by atoms with Crippen molar-refractivity contribution in [1.29, 1.82) is 0 Å². The highest BCUT2D eigenvalue weighted by Crippen LogP contribution is 2.48. The van der Waals surface area contributed by atoms with Crippen molar-refractivity contribution in [2.75, 3.05) is 13.1 Å². The van der Waals surface area contributed by atoms with Crippen LogP contribution in [0.25, 0.3) is 0 Å². The van der Waals surface area contributed by atoms with Crippen LogP contribution >= 0.6 is 0 Å². The fourth-order valence-corrected chi connectivity index (χ4v) is 4.38. The van der Waals surface area contributed by atoms with Gasteiger partial charge in [0.05, 0.1) is 0 Å². The van der Waals surface area contributed by atoms with Crippen molar-refractivity contribution in [1.82, 2.24) is 25.2 Å². The molecule has 1 amide bonds. The van der Waals surface area contributed by atoms with Gasteiger partial charge in [0.1, 0.15) is 11.6 Å². The number of amides is 1. The Morgan fingerprint density at radius 3 is 2.65 bits per heavy atom. The molecule has 0 radical (unpaired) electrons. The maximum Gasteiger partial charge on any atom is 0.276 e. The molecule has 7 heteroatoms. The molecule has 7 nitrogen and oxygen atoms in total. The van der Waals surface area contributed by atoms with Crippen LogP contribution in [0.3, 0.4) is 0 Å². The monoisotopic (exact) mass is 353 g/mol. The van der Waals surface area contributed by atoms with E-state index in [0.29, 0.717) is 35.9 Å². The normalized spacial score (nSPS) is 28.7. The number of aromatic nitrogens is 4. The van der Waals surface area contributed by atoms with Crippen LogP contribution in [0.5, 0.6) is 0 Å². The third kappa shape index (κ3) is 2.56. The second-order valence-corrected chi connectivity index (χ2v) is 8.56. The molecular weight excluding hydrogens is 330 g/mol. The summed E-state index contributed by atoms with van der Waals surface area (Å²) in [6.45, 7) is 1.49. The van der Waals surface area contributed by atoms with Gasteiger partial charge in [0.15, 0.2) is 11.5 Å². The van der Waals surface area contributed by atoms with E-state index in [1.54, 1.807) is 0 Å². The van der Waals surface area contributed by atoms with E-state index in [0.717, 1.165) is 36.8 Å². The molecule has 0 unspecified atom stereocenters. The Labute approximate surface area is 151 Å². The Bertz CT molecular complexity index is 846. The maximum absolute atomic E-state index is 12.9. The van der Waals surface area contributed by atoms with E-state index in [9.17, 15) is 4.79 Å². The van der Waals surface area contributed by atoms with Crippen molar-refractivity contribution >= 4 is 5.91 Å². The number of H-pyrrole nitrogens is 1. The second kappa shape index (κ2) is 5.41. The zero-order valence-corrected chi connectivity index (χ0v) is 14.7. The van der Waals surface area contributed by atoms with E-state index in [1.165, 1.54) is 25.7 Å². The van der Waals surface area contributed by atoms with Crippen LogP contribution in [-0.4, -0.2) is 44.2 Å². The first-order chi connectivity index (χ1) is 12.8. The summed E-state index contributed by atoms with van der Waals surface area (Å²) in [7, 11) is 0. The van der Waals surface area contributed by atoms with Crippen LogP contribution in [0.4, 0.5) is 0 Å². The first kappa shape index (κ1) is 14.9. The van der Waals surface area contributed by atoms with Crippen molar-refractivity contribution < 1.29 is 9.32 Å². The van der Waals surface area contributed by atoms with Crippen molar-refractivity contribution in [3.8, 4) is 0 Å². The van der Waals surface area contributed by atoms with Gasteiger partial charge in [-0.2, -0.15) is 5.10 Å². The summed E-state index contributed by atoms with van der Waals surface area (Å²) in [5.41, 5.74) is 0.457. The van der Waals surface area contributed by atoms with Crippen molar-refractivity contribution in [2.45, 2.75) is 56.3 Å². The summed E-state index contributed by atoms with van der Waals surface area (Å²) >= 11 is 0. The van der Waals surface area contributed by atoms with Gasteiger partial charge in [0, 0.05) is 36.9 Å². The van der Waals surface area contributed by atoms with E-state index in [-0.39, 0.29) is 11.8 Å².